The molecule has 0 radical (unpaired) electrons. The average Bonchev–Trinajstić information content (AvgIpc) is 2.62. The van der Waals surface area contributed by atoms with Gasteiger partial charge < -0.3 is 10.2 Å². The third kappa shape index (κ3) is 4.93. The Morgan fingerprint density at radius 2 is 1.85 bits per heavy atom. The molecule has 0 spiro atoms. The summed E-state index contributed by atoms with van der Waals surface area (Å²) in [4.78, 5) is 17.2. The van der Waals surface area contributed by atoms with Crippen LogP contribution in [-0.4, -0.2) is 48.9 Å². The Morgan fingerprint density at radius 3 is 2.54 bits per heavy atom. The molecular weight excluding hydrogens is 390 g/mol. The number of benzene rings is 2. The standard InChI is InChI=1S/C21H26BrN3O/c1-24(2)12-11-23-21(26)20-13-17-5-3-4-6-18(17)15-25(20)14-16-7-9-19(22)10-8-16/h3-10,20H,11-15H2,1-2H3,(H,23,26). The number of halogens is 1. The molecule has 0 saturated carbocycles. The van der Waals surface area contributed by atoms with Crippen molar-refractivity contribution >= 4 is 21.8 Å². The van der Waals surface area contributed by atoms with Crippen molar-refractivity contribution in [3.8, 4) is 0 Å². The van der Waals surface area contributed by atoms with E-state index < -0.39 is 0 Å². The van der Waals surface area contributed by atoms with Crippen LogP contribution in [0, 0.1) is 0 Å². The van der Waals surface area contributed by atoms with E-state index in [1.165, 1.54) is 16.7 Å². The predicted octanol–water partition coefficient (Wildman–Crippen LogP) is 3.05. The SMILES string of the molecule is CN(C)CCNC(=O)C1Cc2ccccc2CN1Cc1ccc(Br)cc1. The number of amides is 1. The lowest BCUT2D eigenvalue weighted by atomic mass is 9.93. The van der Waals surface area contributed by atoms with Gasteiger partial charge in [-0.15, -0.1) is 0 Å². The Hall–Kier alpha value is -1.69. The summed E-state index contributed by atoms with van der Waals surface area (Å²) in [5, 5.41) is 3.11. The zero-order valence-corrected chi connectivity index (χ0v) is 17.0. The maximum Gasteiger partial charge on any atom is 0.237 e. The van der Waals surface area contributed by atoms with Gasteiger partial charge in [-0.3, -0.25) is 9.69 Å². The van der Waals surface area contributed by atoms with Crippen LogP contribution in [0.4, 0.5) is 0 Å². The smallest absolute Gasteiger partial charge is 0.237 e. The normalized spacial score (nSPS) is 17.2. The van der Waals surface area contributed by atoms with Crippen LogP contribution in [0.3, 0.4) is 0 Å². The molecule has 0 aliphatic carbocycles. The van der Waals surface area contributed by atoms with Crippen molar-refractivity contribution in [3.05, 3.63) is 69.7 Å². The van der Waals surface area contributed by atoms with Crippen LogP contribution < -0.4 is 5.32 Å². The van der Waals surface area contributed by atoms with Gasteiger partial charge in [0.05, 0.1) is 6.04 Å². The first-order valence-electron chi connectivity index (χ1n) is 9.00. The summed E-state index contributed by atoms with van der Waals surface area (Å²) < 4.78 is 1.07. The first-order chi connectivity index (χ1) is 12.5. The van der Waals surface area contributed by atoms with Crippen molar-refractivity contribution in [3.63, 3.8) is 0 Å². The van der Waals surface area contributed by atoms with Crippen LogP contribution in [0.2, 0.25) is 0 Å². The van der Waals surface area contributed by atoms with Crippen LogP contribution in [0.15, 0.2) is 53.0 Å². The predicted molar refractivity (Wildman–Crippen MR) is 109 cm³/mol. The van der Waals surface area contributed by atoms with Crippen molar-refractivity contribution in [2.45, 2.75) is 25.6 Å². The van der Waals surface area contributed by atoms with E-state index in [1.54, 1.807) is 0 Å². The third-order valence-electron chi connectivity index (χ3n) is 4.81. The van der Waals surface area contributed by atoms with Gasteiger partial charge in [0, 0.05) is 30.7 Å². The van der Waals surface area contributed by atoms with Crippen LogP contribution in [0.25, 0.3) is 0 Å². The van der Waals surface area contributed by atoms with Gasteiger partial charge in [0.15, 0.2) is 0 Å². The Bertz CT molecular complexity index is 745. The van der Waals surface area contributed by atoms with Gasteiger partial charge in [-0.1, -0.05) is 52.3 Å². The number of hydrogen-bond donors (Lipinski definition) is 1. The van der Waals surface area contributed by atoms with Crippen LogP contribution in [0.1, 0.15) is 16.7 Å². The summed E-state index contributed by atoms with van der Waals surface area (Å²) in [6.07, 6.45) is 0.764. The summed E-state index contributed by atoms with van der Waals surface area (Å²) >= 11 is 3.49. The highest BCUT2D eigenvalue weighted by Gasteiger charge is 2.31. The number of fused-ring (bicyclic) bond motifs is 1. The van der Waals surface area contributed by atoms with Gasteiger partial charge in [-0.05, 0) is 49.3 Å². The number of carbonyl (C=O) groups is 1. The molecule has 0 bridgehead atoms. The summed E-state index contributed by atoms with van der Waals surface area (Å²) in [6, 6.07) is 16.7. The molecule has 1 unspecified atom stereocenters. The molecule has 0 saturated heterocycles. The molecule has 1 N–H and O–H groups in total. The Kier molecular flexibility index (Phi) is 6.46. The van der Waals surface area contributed by atoms with Gasteiger partial charge in [-0.2, -0.15) is 0 Å². The van der Waals surface area contributed by atoms with Gasteiger partial charge in [0.2, 0.25) is 5.91 Å². The van der Waals surface area contributed by atoms with Crippen molar-refractivity contribution in [2.24, 2.45) is 0 Å². The van der Waals surface area contributed by atoms with E-state index in [9.17, 15) is 4.79 Å². The molecule has 4 nitrogen and oxygen atoms in total. The second kappa shape index (κ2) is 8.80. The fourth-order valence-corrected chi connectivity index (χ4v) is 3.61. The topological polar surface area (TPSA) is 35.6 Å². The minimum absolute atomic E-state index is 0.124. The summed E-state index contributed by atoms with van der Waals surface area (Å²) in [7, 11) is 4.03. The average molecular weight is 416 g/mol. The number of rotatable bonds is 6. The van der Waals surface area contributed by atoms with E-state index in [0.717, 1.165) is 30.5 Å². The van der Waals surface area contributed by atoms with Crippen molar-refractivity contribution < 1.29 is 4.79 Å². The van der Waals surface area contributed by atoms with Crippen molar-refractivity contribution in [1.29, 1.82) is 0 Å². The van der Waals surface area contributed by atoms with Gasteiger partial charge >= 0.3 is 0 Å². The zero-order valence-electron chi connectivity index (χ0n) is 15.4. The Morgan fingerprint density at radius 1 is 1.15 bits per heavy atom. The Balaban J connectivity index is 1.76. The highest BCUT2D eigenvalue weighted by molar-refractivity contribution is 9.10. The van der Waals surface area contributed by atoms with Crippen LogP contribution >= 0.6 is 15.9 Å². The number of carbonyl (C=O) groups excluding carboxylic acids is 1. The van der Waals surface area contributed by atoms with E-state index in [2.05, 4.69) is 79.6 Å². The number of nitrogens with zero attached hydrogens (tertiary/aromatic N) is 2. The number of likely N-dealkylation sites (N-methyl/N-ethyl adjacent to an activating group) is 1. The van der Waals surface area contributed by atoms with E-state index in [-0.39, 0.29) is 11.9 Å². The minimum Gasteiger partial charge on any atom is -0.353 e. The largest absolute Gasteiger partial charge is 0.353 e. The van der Waals surface area contributed by atoms with Gasteiger partial charge in [-0.25, -0.2) is 0 Å². The molecule has 2 aromatic rings. The molecule has 1 aliphatic rings. The maximum absolute atomic E-state index is 12.9. The summed E-state index contributed by atoms with van der Waals surface area (Å²) in [5.74, 6) is 0.124. The molecule has 1 heterocycles. The highest BCUT2D eigenvalue weighted by atomic mass is 79.9. The lowest BCUT2D eigenvalue weighted by molar-refractivity contribution is -0.127. The second-order valence-electron chi connectivity index (χ2n) is 7.11. The first-order valence-corrected chi connectivity index (χ1v) is 9.80. The molecule has 2 aromatic carbocycles. The Labute approximate surface area is 164 Å². The molecule has 5 heteroatoms. The van der Waals surface area contributed by atoms with Gasteiger partial charge in [0.25, 0.3) is 0 Å². The fourth-order valence-electron chi connectivity index (χ4n) is 3.35. The first kappa shape index (κ1) is 19.1. The lowest BCUT2D eigenvalue weighted by Crippen LogP contribution is -2.50. The molecule has 1 aliphatic heterocycles. The molecule has 0 aromatic heterocycles. The van der Waals surface area contributed by atoms with Gasteiger partial charge in [0.1, 0.15) is 0 Å². The van der Waals surface area contributed by atoms with E-state index in [0.29, 0.717) is 6.54 Å². The molecule has 3 rings (SSSR count). The molecule has 1 amide bonds. The number of hydrogen-bond acceptors (Lipinski definition) is 3. The summed E-state index contributed by atoms with van der Waals surface area (Å²) in [5.41, 5.74) is 3.83. The fraction of sp³-hybridized carbons (Fsp3) is 0.381. The monoisotopic (exact) mass is 415 g/mol. The van der Waals surface area contributed by atoms with Crippen molar-refractivity contribution in [2.75, 3.05) is 27.2 Å². The molecule has 0 fully saturated rings. The quantitative estimate of drug-likeness (QED) is 0.787. The second-order valence-corrected chi connectivity index (χ2v) is 8.03. The van der Waals surface area contributed by atoms with E-state index in [4.69, 9.17) is 0 Å². The van der Waals surface area contributed by atoms with Crippen molar-refractivity contribution in [1.82, 2.24) is 15.1 Å². The number of nitrogens with one attached hydrogen (secondary N) is 1. The summed E-state index contributed by atoms with van der Waals surface area (Å²) in [6.45, 7) is 3.10. The van der Waals surface area contributed by atoms with E-state index >= 15 is 0 Å². The highest BCUT2D eigenvalue weighted by Crippen LogP contribution is 2.25. The zero-order chi connectivity index (χ0) is 18.5. The van der Waals surface area contributed by atoms with Crippen LogP contribution in [-0.2, 0) is 24.3 Å². The molecule has 1 atom stereocenters. The lowest BCUT2D eigenvalue weighted by Gasteiger charge is -2.36. The van der Waals surface area contributed by atoms with E-state index in [1.807, 2.05) is 14.1 Å². The molecular formula is C21H26BrN3O. The molecule has 138 valence electrons. The third-order valence-corrected chi connectivity index (χ3v) is 5.33. The maximum atomic E-state index is 12.9. The molecule has 26 heavy (non-hydrogen) atoms. The minimum atomic E-state index is -0.129. The van der Waals surface area contributed by atoms with Crippen LogP contribution in [0.5, 0.6) is 0 Å².